The molecule has 6 rings (SSSR count). The Morgan fingerprint density at radius 3 is 0.950 bits per heavy atom. The second kappa shape index (κ2) is 10.9. The molecule has 0 atom stereocenters. The first-order valence-electron chi connectivity index (χ1n) is 12.6. The van der Waals surface area contributed by atoms with Gasteiger partial charge >= 0.3 is 0 Å². The Morgan fingerprint density at radius 2 is 0.600 bits per heavy atom. The van der Waals surface area contributed by atoms with Gasteiger partial charge in [-0.25, -0.2) is 0 Å². The molecule has 0 saturated carbocycles. The van der Waals surface area contributed by atoms with Crippen molar-refractivity contribution in [3.05, 3.63) is 121 Å². The molecule has 6 aromatic rings. The highest BCUT2D eigenvalue weighted by Crippen LogP contribution is 2.33. The van der Waals surface area contributed by atoms with E-state index in [1.165, 1.54) is 0 Å². The molecule has 0 fully saturated rings. The van der Waals surface area contributed by atoms with Gasteiger partial charge in [0.2, 0.25) is 0 Å². The van der Waals surface area contributed by atoms with Crippen molar-refractivity contribution in [2.75, 3.05) is 11.5 Å². The number of hydrogen-bond donors (Lipinski definition) is 2. The Hall–Kier alpha value is -5.76. The third kappa shape index (κ3) is 5.27. The van der Waals surface area contributed by atoms with Crippen molar-refractivity contribution < 1.29 is 0 Å². The molecule has 0 unspecified atom stereocenters. The first-order chi connectivity index (χ1) is 19.6. The summed E-state index contributed by atoms with van der Waals surface area (Å²) >= 11 is 0. The third-order valence-corrected chi connectivity index (χ3v) is 6.40. The maximum Gasteiger partial charge on any atom is 0.0936 e. The Labute approximate surface area is 230 Å². The zero-order chi connectivity index (χ0) is 27.3. The molecule has 6 aromatic carbocycles. The molecule has 4 N–H and O–H groups in total. The molecule has 0 saturated heterocycles. The maximum absolute atomic E-state index is 6.08. The Balaban J connectivity index is 1.12. The summed E-state index contributed by atoms with van der Waals surface area (Å²) in [5, 5.41) is 30.1. The molecular formula is C32H24N8. The average molecular weight is 521 g/mol. The van der Waals surface area contributed by atoms with E-state index < -0.39 is 0 Å². The van der Waals surface area contributed by atoms with E-state index in [0.717, 1.165) is 44.3 Å². The van der Waals surface area contributed by atoms with Crippen molar-refractivity contribution in [3.8, 4) is 0 Å². The molecule has 0 aromatic heterocycles. The molecule has 8 heteroatoms. The van der Waals surface area contributed by atoms with Crippen LogP contribution in [0.25, 0.3) is 21.5 Å². The van der Waals surface area contributed by atoms with Crippen LogP contribution in [-0.2, 0) is 0 Å². The summed E-state index contributed by atoms with van der Waals surface area (Å²) in [7, 11) is 0. The average Bonchev–Trinajstić information content (AvgIpc) is 3.01. The number of azo groups is 3. The SMILES string of the molecule is Nc1ccc(N=Nc2ccc(N=Nc3ccc(N=Nc4ccc(N)c5ccccc45)cc3)cc2)c2ccccc12. The number of hydrogen-bond acceptors (Lipinski definition) is 8. The van der Waals surface area contributed by atoms with Gasteiger partial charge in [-0.1, -0.05) is 48.5 Å². The largest absolute Gasteiger partial charge is 0.398 e. The molecule has 0 aliphatic carbocycles. The van der Waals surface area contributed by atoms with Crippen molar-refractivity contribution >= 4 is 67.0 Å². The molecule has 0 bridgehead atoms. The van der Waals surface area contributed by atoms with E-state index in [9.17, 15) is 0 Å². The highest BCUT2D eigenvalue weighted by Gasteiger charge is 2.04. The van der Waals surface area contributed by atoms with Crippen molar-refractivity contribution in [1.29, 1.82) is 0 Å². The first-order valence-corrected chi connectivity index (χ1v) is 12.6. The van der Waals surface area contributed by atoms with Crippen LogP contribution in [0.4, 0.5) is 45.5 Å². The summed E-state index contributed by atoms with van der Waals surface area (Å²) in [4.78, 5) is 0. The fraction of sp³-hybridized carbons (Fsp3) is 0. The first kappa shape index (κ1) is 24.6. The van der Waals surface area contributed by atoms with E-state index in [4.69, 9.17) is 11.5 Å². The highest BCUT2D eigenvalue weighted by atomic mass is 15.1. The maximum atomic E-state index is 6.08. The van der Waals surface area contributed by atoms with Crippen LogP contribution >= 0.6 is 0 Å². The van der Waals surface area contributed by atoms with Gasteiger partial charge in [-0.2, -0.15) is 20.5 Å². The molecule has 0 aliphatic heterocycles. The van der Waals surface area contributed by atoms with Gasteiger partial charge in [0.1, 0.15) is 0 Å². The summed E-state index contributed by atoms with van der Waals surface area (Å²) in [6.45, 7) is 0. The number of nitrogen functional groups attached to an aromatic ring is 2. The van der Waals surface area contributed by atoms with Crippen molar-refractivity contribution in [2.24, 2.45) is 30.7 Å². The molecule has 0 heterocycles. The van der Waals surface area contributed by atoms with Gasteiger partial charge in [-0.15, -0.1) is 10.2 Å². The zero-order valence-electron chi connectivity index (χ0n) is 21.4. The Morgan fingerprint density at radius 1 is 0.300 bits per heavy atom. The van der Waals surface area contributed by atoms with Gasteiger partial charge in [-0.3, -0.25) is 0 Å². The summed E-state index contributed by atoms with van der Waals surface area (Å²) in [6, 6.07) is 38.0. The van der Waals surface area contributed by atoms with E-state index in [-0.39, 0.29) is 0 Å². The monoisotopic (exact) mass is 520 g/mol. The van der Waals surface area contributed by atoms with E-state index in [1.54, 1.807) is 0 Å². The van der Waals surface area contributed by atoms with Gasteiger partial charge < -0.3 is 11.5 Å². The standard InChI is InChI=1S/C32H24N8/c33-29-17-19-31(27-7-3-1-5-25(27)29)39-37-23-13-9-21(10-14-23)35-36-22-11-15-24(16-12-22)38-40-32-20-18-30(34)26-6-2-4-8-28(26)32/h1-20H,33-34H2. The normalized spacial score (nSPS) is 11.9. The lowest BCUT2D eigenvalue weighted by molar-refractivity contribution is 1.21. The predicted octanol–water partition coefficient (Wildman–Crippen LogP) is 10.4. The quantitative estimate of drug-likeness (QED) is 0.167. The summed E-state index contributed by atoms with van der Waals surface area (Å²) in [6.07, 6.45) is 0. The fourth-order valence-corrected chi connectivity index (χ4v) is 4.30. The van der Waals surface area contributed by atoms with Crippen molar-refractivity contribution in [1.82, 2.24) is 0 Å². The smallest absolute Gasteiger partial charge is 0.0936 e. The van der Waals surface area contributed by atoms with Gasteiger partial charge in [0.25, 0.3) is 0 Å². The second-order valence-electron chi connectivity index (χ2n) is 9.07. The third-order valence-electron chi connectivity index (χ3n) is 6.40. The van der Waals surface area contributed by atoms with Crippen LogP contribution in [0.5, 0.6) is 0 Å². The van der Waals surface area contributed by atoms with Crippen LogP contribution in [0.3, 0.4) is 0 Å². The topological polar surface area (TPSA) is 126 Å². The van der Waals surface area contributed by atoms with E-state index in [0.29, 0.717) is 22.7 Å². The summed E-state index contributed by atoms with van der Waals surface area (Å²) in [5.41, 5.74) is 18.0. The lowest BCUT2D eigenvalue weighted by Crippen LogP contribution is -1.86. The van der Waals surface area contributed by atoms with E-state index in [2.05, 4.69) is 30.7 Å². The molecule has 0 amide bonds. The van der Waals surface area contributed by atoms with Crippen molar-refractivity contribution in [2.45, 2.75) is 0 Å². The predicted molar refractivity (Wildman–Crippen MR) is 162 cm³/mol. The minimum absolute atomic E-state index is 0.705. The fourth-order valence-electron chi connectivity index (χ4n) is 4.30. The molecule has 8 nitrogen and oxygen atoms in total. The minimum Gasteiger partial charge on any atom is -0.398 e. The number of fused-ring (bicyclic) bond motifs is 2. The second-order valence-corrected chi connectivity index (χ2v) is 9.07. The van der Waals surface area contributed by atoms with Crippen LogP contribution in [0.2, 0.25) is 0 Å². The lowest BCUT2D eigenvalue weighted by atomic mass is 10.1. The molecule has 0 radical (unpaired) electrons. The number of rotatable bonds is 6. The van der Waals surface area contributed by atoms with Crippen LogP contribution in [0, 0.1) is 0 Å². The lowest BCUT2D eigenvalue weighted by Gasteiger charge is -2.04. The van der Waals surface area contributed by atoms with Gasteiger partial charge in [0, 0.05) is 32.9 Å². The summed E-state index contributed by atoms with van der Waals surface area (Å²) in [5.74, 6) is 0. The number of anilines is 2. The molecule has 0 aliphatic rings. The van der Waals surface area contributed by atoms with Gasteiger partial charge in [-0.05, 0) is 72.8 Å². The number of nitrogens with two attached hydrogens (primary N) is 2. The van der Waals surface area contributed by atoms with E-state index in [1.807, 2.05) is 121 Å². The highest BCUT2D eigenvalue weighted by molar-refractivity contribution is 6.00. The molecule has 0 spiro atoms. The molecular weight excluding hydrogens is 496 g/mol. The van der Waals surface area contributed by atoms with Gasteiger partial charge in [0.05, 0.1) is 34.1 Å². The van der Waals surface area contributed by atoms with Crippen molar-refractivity contribution in [3.63, 3.8) is 0 Å². The Bertz CT molecular complexity index is 1770. The zero-order valence-corrected chi connectivity index (χ0v) is 21.4. The molecule has 40 heavy (non-hydrogen) atoms. The van der Waals surface area contributed by atoms with E-state index >= 15 is 0 Å². The van der Waals surface area contributed by atoms with Crippen LogP contribution in [0.1, 0.15) is 0 Å². The van der Waals surface area contributed by atoms with Gasteiger partial charge in [0.15, 0.2) is 0 Å². The van der Waals surface area contributed by atoms with Crippen LogP contribution < -0.4 is 11.5 Å². The Kier molecular flexibility index (Phi) is 6.71. The summed E-state index contributed by atoms with van der Waals surface area (Å²) < 4.78 is 0. The number of nitrogens with zero attached hydrogens (tertiary/aromatic N) is 6. The van der Waals surface area contributed by atoms with Crippen LogP contribution in [0.15, 0.2) is 152 Å². The molecule has 192 valence electrons. The minimum atomic E-state index is 0.705. The van der Waals surface area contributed by atoms with Crippen LogP contribution in [-0.4, -0.2) is 0 Å². The number of benzene rings is 6.